The second-order valence-electron chi connectivity index (χ2n) is 3.99. The third-order valence-corrected chi connectivity index (χ3v) is 2.96. The molecule has 0 saturated heterocycles. The molecule has 1 heterocycles. The van der Waals surface area contributed by atoms with E-state index in [1.807, 2.05) is 0 Å². The molecule has 1 aromatic heterocycles. The third-order valence-electron chi connectivity index (χ3n) is 2.64. The molecule has 3 rings (SSSR count). The first-order chi connectivity index (χ1) is 9.04. The fraction of sp³-hybridized carbons (Fsp3) is 0. The minimum absolute atomic E-state index is 0.0327. The maximum Gasteiger partial charge on any atom is 0.228 e. The lowest BCUT2D eigenvalue weighted by Gasteiger charge is -1.99. The van der Waals surface area contributed by atoms with Crippen molar-refractivity contribution in [1.29, 1.82) is 0 Å². The lowest BCUT2D eigenvalue weighted by atomic mass is 10.2. The number of halogens is 1. The number of hydrogen-bond acceptors (Lipinski definition) is 5. The van der Waals surface area contributed by atoms with E-state index in [2.05, 4.69) is 4.98 Å². The number of fused-ring (bicyclic) bond motifs is 1. The molecule has 0 amide bonds. The molecule has 3 N–H and O–H groups in total. The van der Waals surface area contributed by atoms with Gasteiger partial charge in [0.15, 0.2) is 11.1 Å². The first-order valence-electron chi connectivity index (χ1n) is 5.36. The summed E-state index contributed by atoms with van der Waals surface area (Å²) in [5.41, 5.74) is 0.961. The van der Waals surface area contributed by atoms with Gasteiger partial charge in [0.25, 0.3) is 0 Å². The maximum atomic E-state index is 9.67. The predicted molar refractivity (Wildman–Crippen MR) is 69.4 cm³/mol. The highest BCUT2D eigenvalue weighted by molar-refractivity contribution is 6.33. The molecule has 0 unspecified atom stereocenters. The Kier molecular flexibility index (Phi) is 2.50. The summed E-state index contributed by atoms with van der Waals surface area (Å²) in [5, 5.41) is 28.6. The quantitative estimate of drug-likeness (QED) is 0.635. The van der Waals surface area contributed by atoms with Crippen molar-refractivity contribution in [3.05, 3.63) is 35.4 Å². The zero-order valence-electron chi connectivity index (χ0n) is 9.46. The fourth-order valence-corrected chi connectivity index (χ4v) is 2.05. The molecule has 0 bridgehead atoms. The Hall–Kier alpha value is -2.40. The molecule has 0 radical (unpaired) electrons. The smallest absolute Gasteiger partial charge is 0.228 e. The van der Waals surface area contributed by atoms with Gasteiger partial charge in [-0.15, -0.1) is 0 Å². The van der Waals surface area contributed by atoms with Crippen molar-refractivity contribution in [1.82, 2.24) is 4.98 Å². The van der Waals surface area contributed by atoms with Crippen molar-refractivity contribution in [3.63, 3.8) is 0 Å². The highest BCUT2D eigenvalue weighted by atomic mass is 35.5. The van der Waals surface area contributed by atoms with E-state index >= 15 is 0 Å². The van der Waals surface area contributed by atoms with Crippen molar-refractivity contribution < 1.29 is 19.7 Å². The van der Waals surface area contributed by atoms with E-state index < -0.39 is 0 Å². The number of benzene rings is 2. The maximum absolute atomic E-state index is 9.67. The summed E-state index contributed by atoms with van der Waals surface area (Å²) in [5.74, 6) is -0.0735. The Bertz CT molecular complexity index is 782. The molecule has 96 valence electrons. The van der Waals surface area contributed by atoms with Gasteiger partial charge in [0, 0.05) is 12.1 Å². The van der Waals surface area contributed by atoms with Crippen LogP contribution in [0.15, 0.2) is 34.7 Å². The molecule has 0 aliphatic carbocycles. The van der Waals surface area contributed by atoms with Crippen molar-refractivity contribution in [2.75, 3.05) is 0 Å². The van der Waals surface area contributed by atoms with Crippen molar-refractivity contribution in [3.8, 4) is 28.7 Å². The number of aromatic nitrogens is 1. The Balaban J connectivity index is 2.23. The number of nitrogens with zero attached hydrogens (tertiary/aromatic N) is 1. The number of phenolic OH excluding ortho intramolecular Hbond substituents is 3. The minimum atomic E-state index is -0.181. The standard InChI is InChI=1S/C13H8ClNO4/c14-9-3-6(16)1-2-8(9)13-15-12-10(18)4-7(17)5-11(12)19-13/h1-5,16-18H. The van der Waals surface area contributed by atoms with Crippen LogP contribution >= 0.6 is 11.6 Å². The second kappa shape index (κ2) is 4.07. The van der Waals surface area contributed by atoms with E-state index in [-0.39, 0.29) is 39.3 Å². The van der Waals surface area contributed by atoms with Gasteiger partial charge in [-0.25, -0.2) is 4.98 Å². The second-order valence-corrected chi connectivity index (χ2v) is 4.40. The molecule has 0 aliphatic rings. The van der Waals surface area contributed by atoms with Gasteiger partial charge in [0.1, 0.15) is 17.2 Å². The number of oxazole rings is 1. The topological polar surface area (TPSA) is 86.7 Å². The van der Waals surface area contributed by atoms with Gasteiger partial charge in [-0.3, -0.25) is 0 Å². The van der Waals surface area contributed by atoms with Crippen molar-refractivity contribution in [2.24, 2.45) is 0 Å². The monoisotopic (exact) mass is 277 g/mol. The number of hydrogen-bond donors (Lipinski definition) is 3. The van der Waals surface area contributed by atoms with Gasteiger partial charge >= 0.3 is 0 Å². The molecule has 3 aromatic rings. The molecule has 5 nitrogen and oxygen atoms in total. The van der Waals surface area contributed by atoms with Crippen LogP contribution in [0.25, 0.3) is 22.6 Å². The molecule has 6 heteroatoms. The molecular formula is C13H8ClNO4. The lowest BCUT2D eigenvalue weighted by molar-refractivity contribution is 0.453. The number of rotatable bonds is 1. The van der Waals surface area contributed by atoms with Gasteiger partial charge in [0.05, 0.1) is 10.6 Å². The first-order valence-corrected chi connectivity index (χ1v) is 5.74. The Morgan fingerprint density at radius 1 is 1.00 bits per heavy atom. The van der Waals surface area contributed by atoms with Gasteiger partial charge < -0.3 is 19.7 Å². The Morgan fingerprint density at radius 2 is 1.79 bits per heavy atom. The number of aromatic hydroxyl groups is 3. The van der Waals surface area contributed by atoms with Crippen molar-refractivity contribution >= 4 is 22.7 Å². The van der Waals surface area contributed by atoms with E-state index in [1.54, 1.807) is 6.07 Å². The summed E-state index contributed by atoms with van der Waals surface area (Å²) in [6, 6.07) is 6.89. The number of phenols is 3. The predicted octanol–water partition coefficient (Wildman–Crippen LogP) is 3.26. The highest BCUT2D eigenvalue weighted by Crippen LogP contribution is 2.36. The van der Waals surface area contributed by atoms with Crippen LogP contribution in [-0.2, 0) is 0 Å². The largest absolute Gasteiger partial charge is 0.508 e. The zero-order valence-corrected chi connectivity index (χ0v) is 10.2. The van der Waals surface area contributed by atoms with Crippen LogP contribution < -0.4 is 0 Å². The summed E-state index contributed by atoms with van der Waals surface area (Å²) in [6.07, 6.45) is 0. The summed E-state index contributed by atoms with van der Waals surface area (Å²) >= 11 is 5.99. The lowest BCUT2D eigenvalue weighted by Crippen LogP contribution is -1.79. The van der Waals surface area contributed by atoms with Gasteiger partial charge in [0.2, 0.25) is 5.89 Å². The minimum Gasteiger partial charge on any atom is -0.508 e. The van der Waals surface area contributed by atoms with E-state index in [0.717, 1.165) is 0 Å². The molecular weight excluding hydrogens is 270 g/mol. The van der Waals surface area contributed by atoms with Crippen LogP contribution in [0, 0.1) is 0 Å². The van der Waals surface area contributed by atoms with E-state index in [1.165, 1.54) is 24.3 Å². The van der Waals surface area contributed by atoms with Crippen LogP contribution in [0.3, 0.4) is 0 Å². The van der Waals surface area contributed by atoms with Crippen LogP contribution in [-0.4, -0.2) is 20.3 Å². The molecule has 0 aliphatic heterocycles. The summed E-state index contributed by atoms with van der Waals surface area (Å²) < 4.78 is 5.44. The van der Waals surface area contributed by atoms with Gasteiger partial charge in [-0.1, -0.05) is 11.6 Å². The van der Waals surface area contributed by atoms with Crippen molar-refractivity contribution in [2.45, 2.75) is 0 Å². The molecule has 0 spiro atoms. The third kappa shape index (κ3) is 1.94. The summed E-state index contributed by atoms with van der Waals surface area (Å²) in [7, 11) is 0. The molecule has 2 aromatic carbocycles. The molecule has 0 atom stereocenters. The first kappa shape index (κ1) is 11.7. The summed E-state index contributed by atoms with van der Waals surface area (Å²) in [4.78, 5) is 4.12. The normalized spacial score (nSPS) is 11.0. The van der Waals surface area contributed by atoms with Crippen LogP contribution in [0.2, 0.25) is 5.02 Å². The average molecular weight is 278 g/mol. The van der Waals surface area contributed by atoms with Crippen LogP contribution in [0.5, 0.6) is 17.2 Å². The highest BCUT2D eigenvalue weighted by Gasteiger charge is 2.15. The Labute approximate surface area is 112 Å². The molecule has 0 fully saturated rings. The van der Waals surface area contributed by atoms with E-state index in [0.29, 0.717) is 5.56 Å². The van der Waals surface area contributed by atoms with Crippen LogP contribution in [0.1, 0.15) is 0 Å². The SMILES string of the molecule is Oc1ccc(-c2nc3c(O)cc(O)cc3o2)c(Cl)c1. The molecule has 19 heavy (non-hydrogen) atoms. The van der Waals surface area contributed by atoms with E-state index in [4.69, 9.17) is 16.0 Å². The van der Waals surface area contributed by atoms with Gasteiger partial charge in [-0.2, -0.15) is 0 Å². The van der Waals surface area contributed by atoms with Crippen LogP contribution in [0.4, 0.5) is 0 Å². The molecule has 0 saturated carbocycles. The Morgan fingerprint density at radius 3 is 2.53 bits per heavy atom. The average Bonchev–Trinajstić information content (AvgIpc) is 2.72. The fourth-order valence-electron chi connectivity index (χ4n) is 1.79. The zero-order chi connectivity index (χ0) is 13.6. The van der Waals surface area contributed by atoms with Gasteiger partial charge in [-0.05, 0) is 18.2 Å². The summed E-state index contributed by atoms with van der Waals surface area (Å²) in [6.45, 7) is 0. The van der Waals surface area contributed by atoms with E-state index in [9.17, 15) is 15.3 Å².